The molecule has 0 saturated heterocycles. The minimum atomic E-state index is 0. The van der Waals surface area contributed by atoms with E-state index in [1.54, 1.807) is 0 Å². The van der Waals surface area contributed by atoms with Gasteiger partial charge in [-0.15, -0.1) is 0 Å². The van der Waals surface area contributed by atoms with E-state index >= 15 is 0 Å². The molecule has 0 atom stereocenters. The molecule has 6 heavy (non-hydrogen) atoms. The number of hydrogen-bond acceptors (Lipinski definition) is 1. The Bertz CT molecular complexity index is 15.0. The van der Waals surface area contributed by atoms with E-state index in [1.807, 2.05) is 0 Å². The van der Waals surface area contributed by atoms with Crippen LogP contribution < -0.4 is 0 Å². The quantitative estimate of drug-likeness (QED) is 0.419. The topological polar surface area (TPSA) is 0 Å². The standard InChI is InChI=1S/C4H10S.K.H/c1-2-3-4-5;;/h5H,2-4H2,1H3;;. The first kappa shape index (κ1) is 10.9. The maximum absolute atomic E-state index is 4.00. The molecule has 0 aromatic carbocycles. The van der Waals surface area contributed by atoms with Gasteiger partial charge < -0.3 is 0 Å². The third-order valence-electron chi connectivity index (χ3n) is 0.512. The first-order valence-electron chi connectivity index (χ1n) is 2.02. The molecule has 0 aromatic rings. The van der Waals surface area contributed by atoms with Gasteiger partial charge in [-0.25, -0.2) is 0 Å². The Balaban J connectivity index is 0. The van der Waals surface area contributed by atoms with Gasteiger partial charge in [-0.05, 0) is 12.2 Å². The molecular weight excluding hydrogens is 119 g/mol. The summed E-state index contributed by atoms with van der Waals surface area (Å²) in [7, 11) is 0. The van der Waals surface area contributed by atoms with Crippen molar-refractivity contribution in [2.45, 2.75) is 19.8 Å². The zero-order chi connectivity index (χ0) is 4.12. The Morgan fingerprint density at radius 3 is 2.00 bits per heavy atom. The number of unbranched alkanes of at least 4 members (excludes halogenated alkanes) is 1. The summed E-state index contributed by atoms with van der Waals surface area (Å²) >= 11 is 4.00. The first-order valence-corrected chi connectivity index (χ1v) is 2.66. The molecule has 0 bridgehead atoms. The van der Waals surface area contributed by atoms with Crippen LogP contribution in [0.1, 0.15) is 19.8 Å². The molecule has 0 heterocycles. The van der Waals surface area contributed by atoms with Crippen LogP contribution in [0.5, 0.6) is 0 Å². The third kappa shape index (κ3) is 9.37. The van der Waals surface area contributed by atoms with E-state index in [-0.39, 0.29) is 51.4 Å². The molecule has 0 aliphatic rings. The summed E-state index contributed by atoms with van der Waals surface area (Å²) in [5.41, 5.74) is 0. The molecule has 0 aromatic heterocycles. The fraction of sp³-hybridized carbons (Fsp3) is 1.00. The van der Waals surface area contributed by atoms with Gasteiger partial charge in [-0.1, -0.05) is 13.3 Å². The van der Waals surface area contributed by atoms with Crippen LogP contribution in [0.15, 0.2) is 0 Å². The molecule has 0 aliphatic heterocycles. The Morgan fingerprint density at radius 2 is 2.00 bits per heavy atom. The van der Waals surface area contributed by atoms with Gasteiger partial charge in [0.15, 0.2) is 0 Å². The molecule has 0 fully saturated rings. The Hall–Kier alpha value is 1.99. The van der Waals surface area contributed by atoms with Crippen molar-refractivity contribution >= 4 is 64.0 Å². The summed E-state index contributed by atoms with van der Waals surface area (Å²) in [5.74, 6) is 1.04. The SMILES string of the molecule is CCCCS.[KH]. The van der Waals surface area contributed by atoms with E-state index < -0.39 is 0 Å². The number of hydrogen-bond donors (Lipinski definition) is 1. The average molecular weight is 130 g/mol. The molecule has 0 N–H and O–H groups in total. The molecular formula is C4H11KS. The van der Waals surface area contributed by atoms with Gasteiger partial charge in [-0.3, -0.25) is 0 Å². The van der Waals surface area contributed by atoms with Gasteiger partial charge in [0, 0.05) is 0 Å². The summed E-state index contributed by atoms with van der Waals surface area (Å²) in [6.45, 7) is 2.16. The van der Waals surface area contributed by atoms with E-state index in [0.29, 0.717) is 0 Å². The molecule has 0 radical (unpaired) electrons. The molecule has 0 unspecified atom stereocenters. The van der Waals surface area contributed by atoms with E-state index in [0.717, 1.165) is 5.75 Å². The third-order valence-corrected chi connectivity index (χ3v) is 0.828. The van der Waals surface area contributed by atoms with Crippen molar-refractivity contribution in [2.24, 2.45) is 0 Å². The summed E-state index contributed by atoms with van der Waals surface area (Å²) in [6.07, 6.45) is 2.52. The zero-order valence-electron chi connectivity index (χ0n) is 3.57. The fourth-order valence-corrected chi connectivity index (χ4v) is 0.474. The second-order valence-electron chi connectivity index (χ2n) is 1.08. The van der Waals surface area contributed by atoms with Crippen molar-refractivity contribution in [3.05, 3.63) is 0 Å². The summed E-state index contributed by atoms with van der Waals surface area (Å²) in [5, 5.41) is 0. The monoisotopic (exact) mass is 130 g/mol. The molecule has 2 heteroatoms. The van der Waals surface area contributed by atoms with Crippen molar-refractivity contribution in [1.29, 1.82) is 0 Å². The van der Waals surface area contributed by atoms with Crippen LogP contribution in [0.3, 0.4) is 0 Å². The van der Waals surface area contributed by atoms with Gasteiger partial charge >= 0.3 is 51.4 Å². The van der Waals surface area contributed by atoms with Crippen LogP contribution in [0.2, 0.25) is 0 Å². The van der Waals surface area contributed by atoms with Crippen molar-refractivity contribution in [3.8, 4) is 0 Å². The van der Waals surface area contributed by atoms with Crippen molar-refractivity contribution < 1.29 is 0 Å². The van der Waals surface area contributed by atoms with Crippen LogP contribution in [-0.4, -0.2) is 57.1 Å². The number of rotatable bonds is 2. The second kappa shape index (κ2) is 10.1. The molecule has 0 aliphatic carbocycles. The normalized spacial score (nSPS) is 7.00. The van der Waals surface area contributed by atoms with E-state index in [1.165, 1.54) is 12.8 Å². The Labute approximate surface area is 87.9 Å². The maximum atomic E-state index is 4.00. The molecule has 0 saturated carbocycles. The van der Waals surface area contributed by atoms with Gasteiger partial charge in [0.2, 0.25) is 0 Å². The van der Waals surface area contributed by atoms with Crippen LogP contribution in [0, 0.1) is 0 Å². The zero-order valence-corrected chi connectivity index (χ0v) is 4.46. The number of thiol groups is 1. The summed E-state index contributed by atoms with van der Waals surface area (Å²) < 4.78 is 0. The predicted octanol–water partition coefficient (Wildman–Crippen LogP) is 1.07. The van der Waals surface area contributed by atoms with E-state index in [9.17, 15) is 0 Å². The van der Waals surface area contributed by atoms with Crippen molar-refractivity contribution in [2.75, 3.05) is 5.75 Å². The van der Waals surface area contributed by atoms with Crippen LogP contribution >= 0.6 is 12.6 Å². The molecule has 0 spiro atoms. The van der Waals surface area contributed by atoms with E-state index in [4.69, 9.17) is 0 Å². The minimum absolute atomic E-state index is 0. The van der Waals surface area contributed by atoms with Crippen molar-refractivity contribution in [3.63, 3.8) is 0 Å². The van der Waals surface area contributed by atoms with Gasteiger partial charge in [0.05, 0.1) is 0 Å². The summed E-state index contributed by atoms with van der Waals surface area (Å²) in [4.78, 5) is 0. The average Bonchev–Trinajstić information content (AvgIpc) is 1.41. The molecule has 0 amide bonds. The first-order chi connectivity index (χ1) is 2.41. The molecule has 0 nitrogen and oxygen atoms in total. The van der Waals surface area contributed by atoms with E-state index in [2.05, 4.69) is 19.6 Å². The van der Waals surface area contributed by atoms with Crippen molar-refractivity contribution in [1.82, 2.24) is 0 Å². The Morgan fingerprint density at radius 1 is 1.50 bits per heavy atom. The Kier molecular flexibility index (Phi) is 18.3. The predicted molar refractivity (Wildman–Crippen MR) is 35.9 cm³/mol. The van der Waals surface area contributed by atoms with Crippen LogP contribution in [0.4, 0.5) is 0 Å². The molecule has 0 rings (SSSR count). The molecule has 34 valence electrons. The van der Waals surface area contributed by atoms with Crippen LogP contribution in [-0.2, 0) is 0 Å². The summed E-state index contributed by atoms with van der Waals surface area (Å²) in [6, 6.07) is 0. The fourth-order valence-electron chi connectivity index (χ4n) is 0.158. The van der Waals surface area contributed by atoms with Crippen LogP contribution in [0.25, 0.3) is 0 Å². The second-order valence-corrected chi connectivity index (χ2v) is 1.52. The van der Waals surface area contributed by atoms with Gasteiger partial charge in [0.1, 0.15) is 0 Å². The van der Waals surface area contributed by atoms with Gasteiger partial charge in [-0.2, -0.15) is 12.6 Å². The van der Waals surface area contributed by atoms with Gasteiger partial charge in [0.25, 0.3) is 0 Å².